The normalized spacial score (nSPS) is 12.9. The number of benzene rings is 1. The second-order valence-corrected chi connectivity index (χ2v) is 3.91. The Morgan fingerprint density at radius 3 is 2.42 bits per heavy atom. The number of halogens is 2. The molecular formula is C9H11FIN. The van der Waals surface area contributed by atoms with Crippen LogP contribution in [0.25, 0.3) is 0 Å². The van der Waals surface area contributed by atoms with E-state index in [1.54, 1.807) is 0 Å². The van der Waals surface area contributed by atoms with Crippen molar-refractivity contribution in [3.8, 4) is 0 Å². The van der Waals surface area contributed by atoms with Gasteiger partial charge in [-0.2, -0.15) is 0 Å². The Morgan fingerprint density at radius 1 is 1.33 bits per heavy atom. The van der Waals surface area contributed by atoms with Gasteiger partial charge in [-0.15, -0.1) is 0 Å². The van der Waals surface area contributed by atoms with Crippen LogP contribution in [0.1, 0.15) is 5.56 Å². The van der Waals surface area contributed by atoms with Crippen LogP contribution in [0.4, 0.5) is 4.39 Å². The zero-order valence-corrected chi connectivity index (χ0v) is 8.79. The van der Waals surface area contributed by atoms with Crippen LogP contribution in [-0.2, 0) is 6.42 Å². The van der Waals surface area contributed by atoms with Crippen molar-refractivity contribution in [3.63, 3.8) is 0 Å². The minimum atomic E-state index is -0.912. The molecule has 0 aromatic heterocycles. The van der Waals surface area contributed by atoms with Crippen LogP contribution in [0.3, 0.4) is 0 Å². The van der Waals surface area contributed by atoms with E-state index in [0.29, 0.717) is 6.42 Å². The van der Waals surface area contributed by atoms with Gasteiger partial charge in [0, 0.05) is 16.5 Å². The molecule has 3 heteroatoms. The maximum Gasteiger partial charge on any atom is 0.116 e. The summed E-state index contributed by atoms with van der Waals surface area (Å²) < 4.78 is 14.0. The maximum absolute atomic E-state index is 12.8. The van der Waals surface area contributed by atoms with Crippen LogP contribution in [0.2, 0.25) is 0 Å². The van der Waals surface area contributed by atoms with Gasteiger partial charge < -0.3 is 5.73 Å². The van der Waals surface area contributed by atoms with Gasteiger partial charge in [0.15, 0.2) is 0 Å². The van der Waals surface area contributed by atoms with Gasteiger partial charge in [-0.05, 0) is 40.3 Å². The predicted octanol–water partition coefficient (Wildman–Crippen LogP) is 2.13. The Bertz CT molecular complexity index is 235. The van der Waals surface area contributed by atoms with Crippen molar-refractivity contribution < 1.29 is 4.39 Å². The summed E-state index contributed by atoms with van der Waals surface area (Å²) >= 11 is 2.22. The summed E-state index contributed by atoms with van der Waals surface area (Å²) in [5.74, 6) is 0. The standard InChI is InChI=1S/C9H11FIN/c10-8(6-12)5-7-1-3-9(11)4-2-7/h1-4,8H,5-6,12H2. The molecule has 0 heterocycles. The zero-order chi connectivity index (χ0) is 8.97. The van der Waals surface area contributed by atoms with Crippen LogP contribution in [0.15, 0.2) is 24.3 Å². The lowest BCUT2D eigenvalue weighted by Crippen LogP contribution is -2.17. The average molecular weight is 279 g/mol. The minimum Gasteiger partial charge on any atom is -0.328 e. The van der Waals surface area contributed by atoms with E-state index in [4.69, 9.17) is 5.73 Å². The monoisotopic (exact) mass is 279 g/mol. The maximum atomic E-state index is 12.8. The number of nitrogens with two attached hydrogens (primary N) is 1. The Kier molecular flexibility index (Phi) is 3.94. The zero-order valence-electron chi connectivity index (χ0n) is 6.63. The van der Waals surface area contributed by atoms with Gasteiger partial charge in [0.1, 0.15) is 6.17 Å². The quantitative estimate of drug-likeness (QED) is 0.843. The van der Waals surface area contributed by atoms with Gasteiger partial charge in [-0.25, -0.2) is 4.39 Å². The Hall–Kier alpha value is -0.160. The number of alkyl halides is 1. The fourth-order valence-electron chi connectivity index (χ4n) is 0.960. The molecule has 1 atom stereocenters. The van der Waals surface area contributed by atoms with Crippen molar-refractivity contribution in [2.45, 2.75) is 12.6 Å². The van der Waals surface area contributed by atoms with Gasteiger partial charge in [-0.1, -0.05) is 12.1 Å². The molecule has 1 aromatic rings. The third kappa shape index (κ3) is 3.06. The predicted molar refractivity (Wildman–Crippen MR) is 56.8 cm³/mol. The second-order valence-electron chi connectivity index (χ2n) is 2.66. The number of hydrogen-bond donors (Lipinski definition) is 1. The van der Waals surface area contributed by atoms with E-state index in [9.17, 15) is 4.39 Å². The Balaban J connectivity index is 2.58. The van der Waals surface area contributed by atoms with Crippen LogP contribution < -0.4 is 5.73 Å². The Labute approximate surface area is 85.3 Å². The lowest BCUT2D eigenvalue weighted by molar-refractivity contribution is 0.340. The summed E-state index contributed by atoms with van der Waals surface area (Å²) in [5, 5.41) is 0. The SMILES string of the molecule is NCC(F)Cc1ccc(I)cc1. The summed E-state index contributed by atoms with van der Waals surface area (Å²) in [6, 6.07) is 7.81. The van der Waals surface area contributed by atoms with E-state index >= 15 is 0 Å². The number of rotatable bonds is 3. The van der Waals surface area contributed by atoms with Crippen molar-refractivity contribution in [2.24, 2.45) is 5.73 Å². The van der Waals surface area contributed by atoms with Gasteiger partial charge in [0.2, 0.25) is 0 Å². The lowest BCUT2D eigenvalue weighted by atomic mass is 10.1. The van der Waals surface area contributed by atoms with Gasteiger partial charge in [-0.3, -0.25) is 0 Å². The highest BCUT2D eigenvalue weighted by molar-refractivity contribution is 14.1. The van der Waals surface area contributed by atoms with E-state index in [1.165, 1.54) is 3.57 Å². The fourth-order valence-corrected chi connectivity index (χ4v) is 1.32. The van der Waals surface area contributed by atoms with Gasteiger partial charge >= 0.3 is 0 Å². The first kappa shape index (κ1) is 9.92. The van der Waals surface area contributed by atoms with Crippen LogP contribution >= 0.6 is 22.6 Å². The molecule has 0 fully saturated rings. The molecule has 1 nitrogen and oxygen atoms in total. The first-order valence-electron chi connectivity index (χ1n) is 3.81. The summed E-state index contributed by atoms with van der Waals surface area (Å²) in [7, 11) is 0. The molecule has 0 spiro atoms. The molecular weight excluding hydrogens is 268 g/mol. The highest BCUT2D eigenvalue weighted by atomic mass is 127. The molecule has 1 rings (SSSR count). The third-order valence-corrected chi connectivity index (χ3v) is 2.35. The van der Waals surface area contributed by atoms with E-state index in [2.05, 4.69) is 22.6 Å². The minimum absolute atomic E-state index is 0.103. The fraction of sp³-hybridized carbons (Fsp3) is 0.333. The van der Waals surface area contributed by atoms with E-state index in [0.717, 1.165) is 5.56 Å². The largest absolute Gasteiger partial charge is 0.328 e. The second kappa shape index (κ2) is 4.77. The third-order valence-electron chi connectivity index (χ3n) is 1.63. The highest BCUT2D eigenvalue weighted by Gasteiger charge is 2.03. The molecule has 1 aromatic carbocycles. The molecule has 0 aliphatic rings. The Morgan fingerprint density at radius 2 is 1.92 bits per heavy atom. The molecule has 1 unspecified atom stereocenters. The first-order valence-corrected chi connectivity index (χ1v) is 4.89. The highest BCUT2D eigenvalue weighted by Crippen LogP contribution is 2.09. The van der Waals surface area contributed by atoms with Crippen molar-refractivity contribution in [3.05, 3.63) is 33.4 Å². The molecule has 12 heavy (non-hydrogen) atoms. The van der Waals surface area contributed by atoms with Crippen molar-refractivity contribution in [1.82, 2.24) is 0 Å². The molecule has 0 saturated carbocycles. The molecule has 0 aliphatic carbocycles. The van der Waals surface area contributed by atoms with Crippen LogP contribution in [0, 0.1) is 3.57 Å². The molecule has 0 radical (unpaired) electrons. The molecule has 0 amide bonds. The molecule has 0 bridgehead atoms. The van der Waals surface area contributed by atoms with Crippen molar-refractivity contribution >= 4 is 22.6 Å². The van der Waals surface area contributed by atoms with Crippen molar-refractivity contribution in [2.75, 3.05) is 6.54 Å². The number of hydrogen-bond acceptors (Lipinski definition) is 1. The van der Waals surface area contributed by atoms with Gasteiger partial charge in [0.25, 0.3) is 0 Å². The van der Waals surface area contributed by atoms with Gasteiger partial charge in [0.05, 0.1) is 0 Å². The topological polar surface area (TPSA) is 26.0 Å². The average Bonchev–Trinajstić information content (AvgIpc) is 2.09. The summed E-state index contributed by atoms with van der Waals surface area (Å²) in [5.41, 5.74) is 6.18. The lowest BCUT2D eigenvalue weighted by Gasteiger charge is -2.04. The van der Waals surface area contributed by atoms with Crippen molar-refractivity contribution in [1.29, 1.82) is 0 Å². The van der Waals surface area contributed by atoms with E-state index in [1.807, 2.05) is 24.3 Å². The molecule has 2 N–H and O–H groups in total. The summed E-state index contributed by atoms with van der Waals surface area (Å²) in [4.78, 5) is 0. The van der Waals surface area contributed by atoms with Crippen LogP contribution in [0.5, 0.6) is 0 Å². The molecule has 66 valence electrons. The summed E-state index contributed by atoms with van der Waals surface area (Å²) in [6.07, 6.45) is -0.488. The van der Waals surface area contributed by atoms with E-state index < -0.39 is 6.17 Å². The molecule has 0 saturated heterocycles. The van der Waals surface area contributed by atoms with Crippen LogP contribution in [-0.4, -0.2) is 12.7 Å². The van der Waals surface area contributed by atoms with E-state index in [-0.39, 0.29) is 6.54 Å². The molecule has 0 aliphatic heterocycles. The summed E-state index contributed by atoms with van der Waals surface area (Å²) in [6.45, 7) is 0.103. The smallest absolute Gasteiger partial charge is 0.116 e. The first-order chi connectivity index (χ1) is 5.72.